The fraction of sp³-hybridized carbons (Fsp3) is 0.435. The molecule has 2 atom stereocenters. The maximum Gasteiger partial charge on any atom is 0.315 e. The largest absolute Gasteiger partial charge is 0.466 e. The second-order valence-corrected chi connectivity index (χ2v) is 8.86. The van der Waals surface area contributed by atoms with Crippen molar-refractivity contribution in [2.75, 3.05) is 19.9 Å². The Kier molecular flexibility index (Phi) is 7.33. The number of carbonyl (C=O) groups is 3. The molecule has 4 rings (SSSR count). The van der Waals surface area contributed by atoms with Crippen molar-refractivity contribution in [2.45, 2.75) is 44.8 Å². The molecule has 176 valence electrons. The van der Waals surface area contributed by atoms with Gasteiger partial charge in [-0.25, -0.2) is 4.79 Å². The second-order valence-electron chi connectivity index (χ2n) is 7.83. The van der Waals surface area contributed by atoms with Crippen molar-refractivity contribution >= 4 is 29.2 Å². The van der Waals surface area contributed by atoms with Crippen LogP contribution in [0, 0.1) is 0 Å². The van der Waals surface area contributed by atoms with Crippen LogP contribution in [0.1, 0.15) is 42.7 Å². The van der Waals surface area contributed by atoms with Crippen molar-refractivity contribution in [1.82, 2.24) is 15.5 Å². The first-order chi connectivity index (χ1) is 16.0. The van der Waals surface area contributed by atoms with Crippen molar-refractivity contribution in [3.8, 4) is 11.5 Å². The van der Waals surface area contributed by atoms with Crippen molar-refractivity contribution in [2.24, 2.45) is 0 Å². The van der Waals surface area contributed by atoms with E-state index >= 15 is 0 Å². The van der Waals surface area contributed by atoms with E-state index in [2.05, 4.69) is 10.6 Å². The average Bonchev–Trinajstić information content (AvgIpc) is 3.47. The number of piperidine rings is 1. The molecule has 0 spiro atoms. The Balaban J connectivity index is 1.41. The topological polar surface area (TPSA) is 106 Å². The lowest BCUT2D eigenvalue weighted by atomic mass is 10.0. The molecule has 2 unspecified atom stereocenters. The molecule has 1 saturated heterocycles. The summed E-state index contributed by atoms with van der Waals surface area (Å²) in [5.41, 5.74) is 0.678. The summed E-state index contributed by atoms with van der Waals surface area (Å²) in [6.45, 7) is 3.30. The zero-order chi connectivity index (χ0) is 23.2. The molecular weight excluding hydrogens is 446 g/mol. The number of ether oxygens (including phenoxy) is 3. The standard InChI is InChI=1S/C23H27N3O6S/c1-2-30-21(27)12-18(15-7-8-19-20(11-15)32-14-31-19)25-23(29)24-17-6-3-9-26(22(17)28)13-16-5-4-10-33-16/h4-5,7-8,10-11,17-18H,2-3,6,9,12-14H2,1H3,(H2,24,25,29). The number of nitrogens with one attached hydrogen (secondary N) is 2. The Morgan fingerprint density at radius 1 is 1.27 bits per heavy atom. The Morgan fingerprint density at radius 3 is 2.91 bits per heavy atom. The maximum absolute atomic E-state index is 12.9. The van der Waals surface area contributed by atoms with Gasteiger partial charge in [-0.3, -0.25) is 9.59 Å². The number of benzene rings is 1. The van der Waals surface area contributed by atoms with Crippen LogP contribution in [0.4, 0.5) is 4.79 Å². The fourth-order valence-electron chi connectivity index (χ4n) is 3.95. The number of rotatable bonds is 8. The monoisotopic (exact) mass is 473 g/mol. The van der Waals surface area contributed by atoms with Gasteiger partial charge in [-0.1, -0.05) is 12.1 Å². The Bertz CT molecular complexity index is 996. The van der Waals surface area contributed by atoms with Crippen molar-refractivity contribution in [1.29, 1.82) is 0 Å². The molecule has 2 N–H and O–H groups in total. The number of hydrogen-bond acceptors (Lipinski definition) is 7. The third-order valence-corrected chi connectivity index (χ3v) is 6.40. The summed E-state index contributed by atoms with van der Waals surface area (Å²) in [6.07, 6.45) is 1.32. The van der Waals surface area contributed by atoms with Gasteiger partial charge in [0.15, 0.2) is 11.5 Å². The van der Waals surface area contributed by atoms with Crippen molar-refractivity contribution in [3.05, 3.63) is 46.2 Å². The highest BCUT2D eigenvalue weighted by atomic mass is 32.1. The number of thiophene rings is 1. The summed E-state index contributed by atoms with van der Waals surface area (Å²) in [5.74, 6) is 0.623. The van der Waals surface area contributed by atoms with Crippen LogP contribution in [-0.4, -0.2) is 48.8 Å². The van der Waals surface area contributed by atoms with Crippen LogP contribution in [0.2, 0.25) is 0 Å². The highest BCUT2D eigenvalue weighted by Gasteiger charge is 2.31. The van der Waals surface area contributed by atoms with Gasteiger partial charge in [0, 0.05) is 11.4 Å². The molecule has 1 aromatic heterocycles. The van der Waals surface area contributed by atoms with Gasteiger partial charge in [-0.15, -0.1) is 11.3 Å². The smallest absolute Gasteiger partial charge is 0.315 e. The number of hydrogen-bond donors (Lipinski definition) is 2. The summed E-state index contributed by atoms with van der Waals surface area (Å²) in [5, 5.41) is 7.60. The predicted octanol–water partition coefficient (Wildman–Crippen LogP) is 2.96. The fourth-order valence-corrected chi connectivity index (χ4v) is 4.67. The van der Waals surface area contributed by atoms with E-state index in [0.717, 1.165) is 11.3 Å². The minimum absolute atomic E-state index is 0.0516. The van der Waals surface area contributed by atoms with Gasteiger partial charge in [0.2, 0.25) is 12.7 Å². The van der Waals surface area contributed by atoms with Gasteiger partial charge in [0.25, 0.3) is 0 Å². The van der Waals surface area contributed by atoms with E-state index in [1.54, 1.807) is 41.4 Å². The molecule has 1 aromatic carbocycles. The minimum Gasteiger partial charge on any atom is -0.466 e. The zero-order valence-electron chi connectivity index (χ0n) is 18.4. The number of amides is 3. The molecule has 2 aliphatic heterocycles. The molecule has 0 bridgehead atoms. The molecular formula is C23H27N3O6S. The van der Waals surface area contributed by atoms with E-state index in [9.17, 15) is 14.4 Å². The highest BCUT2D eigenvalue weighted by molar-refractivity contribution is 7.09. The molecule has 10 heteroatoms. The van der Waals surface area contributed by atoms with E-state index < -0.39 is 24.1 Å². The summed E-state index contributed by atoms with van der Waals surface area (Å²) in [6, 6.07) is 7.41. The third kappa shape index (κ3) is 5.75. The van der Waals surface area contributed by atoms with Crippen LogP contribution in [0.15, 0.2) is 35.7 Å². The SMILES string of the molecule is CCOC(=O)CC(NC(=O)NC1CCCN(Cc2cccs2)C1=O)c1ccc2c(c1)OCO2. The third-order valence-electron chi connectivity index (χ3n) is 5.54. The van der Waals surface area contributed by atoms with Crippen LogP contribution in [0.25, 0.3) is 0 Å². The first-order valence-electron chi connectivity index (χ1n) is 11.0. The van der Waals surface area contributed by atoms with Gasteiger partial charge < -0.3 is 29.7 Å². The lowest BCUT2D eigenvalue weighted by Crippen LogP contribution is -2.54. The van der Waals surface area contributed by atoms with Gasteiger partial charge in [0.05, 0.1) is 25.6 Å². The summed E-state index contributed by atoms with van der Waals surface area (Å²) in [7, 11) is 0. The molecule has 2 aromatic rings. The maximum atomic E-state index is 12.9. The number of urea groups is 1. The lowest BCUT2D eigenvalue weighted by molar-refractivity contribution is -0.143. The number of likely N-dealkylation sites (tertiary alicyclic amines) is 1. The second kappa shape index (κ2) is 10.6. The molecule has 33 heavy (non-hydrogen) atoms. The first-order valence-corrected chi connectivity index (χ1v) is 11.8. The van der Waals surface area contributed by atoms with E-state index in [1.165, 1.54) is 0 Å². The van der Waals surface area contributed by atoms with Gasteiger partial charge in [-0.2, -0.15) is 0 Å². The quantitative estimate of drug-likeness (QED) is 0.571. The number of nitrogens with zero attached hydrogens (tertiary/aromatic N) is 1. The number of fused-ring (bicyclic) bond motifs is 1. The number of esters is 1. The zero-order valence-corrected chi connectivity index (χ0v) is 19.2. The first kappa shape index (κ1) is 22.9. The van der Waals surface area contributed by atoms with Crippen LogP contribution < -0.4 is 20.1 Å². The van der Waals surface area contributed by atoms with Gasteiger partial charge in [0.1, 0.15) is 6.04 Å². The highest BCUT2D eigenvalue weighted by Crippen LogP contribution is 2.35. The molecule has 3 amide bonds. The van der Waals surface area contributed by atoms with E-state index in [4.69, 9.17) is 14.2 Å². The van der Waals surface area contributed by atoms with Crippen LogP contribution >= 0.6 is 11.3 Å². The molecule has 1 fully saturated rings. The van der Waals surface area contributed by atoms with Crippen LogP contribution in [0.5, 0.6) is 11.5 Å². The lowest BCUT2D eigenvalue weighted by Gasteiger charge is -2.32. The van der Waals surface area contributed by atoms with Gasteiger partial charge in [-0.05, 0) is 48.9 Å². The average molecular weight is 474 g/mol. The van der Waals surface area contributed by atoms with E-state index in [-0.39, 0.29) is 25.7 Å². The van der Waals surface area contributed by atoms with Crippen molar-refractivity contribution in [3.63, 3.8) is 0 Å². The molecule has 2 aliphatic rings. The van der Waals surface area contributed by atoms with E-state index in [0.29, 0.717) is 36.6 Å². The Labute approximate surface area is 196 Å². The molecule has 9 nitrogen and oxygen atoms in total. The molecule has 0 aliphatic carbocycles. The summed E-state index contributed by atoms with van der Waals surface area (Å²) >= 11 is 1.60. The Morgan fingerprint density at radius 2 is 2.12 bits per heavy atom. The van der Waals surface area contributed by atoms with Crippen LogP contribution in [0.3, 0.4) is 0 Å². The van der Waals surface area contributed by atoms with Crippen molar-refractivity contribution < 1.29 is 28.6 Å². The normalized spacial score (nSPS) is 18.0. The minimum atomic E-state index is -0.653. The summed E-state index contributed by atoms with van der Waals surface area (Å²) in [4.78, 5) is 40.8. The molecule has 0 radical (unpaired) electrons. The Hall–Kier alpha value is -3.27. The van der Waals surface area contributed by atoms with Crippen LogP contribution in [-0.2, 0) is 20.9 Å². The molecule has 3 heterocycles. The molecule has 0 saturated carbocycles. The predicted molar refractivity (Wildman–Crippen MR) is 121 cm³/mol. The number of carbonyl (C=O) groups excluding carboxylic acids is 3. The van der Waals surface area contributed by atoms with Gasteiger partial charge >= 0.3 is 12.0 Å². The summed E-state index contributed by atoms with van der Waals surface area (Å²) < 4.78 is 15.8. The van der Waals surface area contributed by atoms with E-state index in [1.807, 2.05) is 17.5 Å².